The van der Waals surface area contributed by atoms with Crippen molar-refractivity contribution in [3.05, 3.63) is 37.4 Å². The van der Waals surface area contributed by atoms with Crippen molar-refractivity contribution in [1.82, 2.24) is 4.90 Å². The number of hydrogen-bond donors (Lipinski definition) is 1. The lowest BCUT2D eigenvalue weighted by atomic mass is 10.0. The van der Waals surface area contributed by atoms with Gasteiger partial charge in [-0.1, -0.05) is 13.8 Å². The van der Waals surface area contributed by atoms with Crippen LogP contribution in [0.2, 0.25) is 0 Å². The SMILES string of the molecule is Cc1c(CO)cc([N+](=O)[O-])c(N2CCN(CC(C)C)C(=O)C2)c1[N+](=O)[O-]. The Morgan fingerprint density at radius 1 is 1.23 bits per heavy atom. The molecule has 0 spiro atoms. The normalized spacial score (nSPS) is 14.9. The van der Waals surface area contributed by atoms with Crippen LogP contribution in [0.4, 0.5) is 17.1 Å². The molecule has 2 rings (SSSR count). The van der Waals surface area contributed by atoms with Crippen LogP contribution in [0.25, 0.3) is 0 Å². The van der Waals surface area contributed by atoms with E-state index in [2.05, 4.69) is 0 Å². The van der Waals surface area contributed by atoms with Gasteiger partial charge in [0.15, 0.2) is 5.69 Å². The van der Waals surface area contributed by atoms with Gasteiger partial charge in [-0.05, 0) is 18.4 Å². The van der Waals surface area contributed by atoms with Crippen LogP contribution in [0.5, 0.6) is 0 Å². The third-order valence-corrected chi connectivity index (χ3v) is 4.38. The highest BCUT2D eigenvalue weighted by atomic mass is 16.6. The molecule has 1 N–H and O–H groups in total. The number of rotatable bonds is 6. The largest absolute Gasteiger partial charge is 0.392 e. The zero-order valence-corrected chi connectivity index (χ0v) is 15.0. The Kier molecular flexibility index (Phi) is 5.76. The number of anilines is 1. The second-order valence-electron chi connectivity index (χ2n) is 6.70. The first-order valence-electron chi connectivity index (χ1n) is 8.26. The summed E-state index contributed by atoms with van der Waals surface area (Å²) >= 11 is 0. The van der Waals surface area contributed by atoms with Crippen molar-refractivity contribution in [2.24, 2.45) is 5.92 Å². The Hall–Kier alpha value is -2.75. The Morgan fingerprint density at radius 2 is 1.88 bits per heavy atom. The van der Waals surface area contributed by atoms with Gasteiger partial charge in [0.1, 0.15) is 0 Å². The zero-order valence-electron chi connectivity index (χ0n) is 15.0. The van der Waals surface area contributed by atoms with Crippen LogP contribution in [0, 0.1) is 33.1 Å². The lowest BCUT2D eigenvalue weighted by Crippen LogP contribution is -2.51. The summed E-state index contributed by atoms with van der Waals surface area (Å²) in [5, 5.41) is 32.5. The van der Waals surface area contributed by atoms with Crippen molar-refractivity contribution in [3.8, 4) is 0 Å². The van der Waals surface area contributed by atoms with Gasteiger partial charge in [-0.2, -0.15) is 0 Å². The number of piperazine rings is 1. The molecule has 0 radical (unpaired) electrons. The molecule has 0 aliphatic carbocycles. The summed E-state index contributed by atoms with van der Waals surface area (Å²) in [6.45, 7) is 5.86. The molecule has 1 aliphatic rings. The first kappa shape index (κ1) is 19.6. The Bertz CT molecular complexity index is 749. The van der Waals surface area contributed by atoms with E-state index in [0.29, 0.717) is 13.1 Å². The molecule has 1 aliphatic heterocycles. The van der Waals surface area contributed by atoms with Gasteiger partial charge in [0, 0.05) is 31.3 Å². The van der Waals surface area contributed by atoms with Gasteiger partial charge in [-0.15, -0.1) is 0 Å². The van der Waals surface area contributed by atoms with Crippen molar-refractivity contribution in [2.75, 3.05) is 31.1 Å². The van der Waals surface area contributed by atoms with Crippen LogP contribution >= 0.6 is 0 Å². The highest BCUT2D eigenvalue weighted by Gasteiger charge is 2.37. The highest BCUT2D eigenvalue weighted by molar-refractivity contribution is 5.87. The smallest absolute Gasteiger partial charge is 0.302 e. The third-order valence-electron chi connectivity index (χ3n) is 4.38. The number of aliphatic hydroxyl groups is 1. The lowest BCUT2D eigenvalue weighted by Gasteiger charge is -2.36. The number of nitrogens with zero attached hydrogens (tertiary/aromatic N) is 4. The standard InChI is InChI=1S/C16H22N4O6/c1-10(2)7-17-4-5-18(8-14(17)22)16-13(19(23)24)6-12(9-21)11(3)15(16)20(25)26/h6,10,21H,4-5,7-9H2,1-3H3. The van der Waals surface area contributed by atoms with E-state index in [1.807, 2.05) is 13.8 Å². The molecule has 1 fully saturated rings. The maximum absolute atomic E-state index is 12.4. The number of nitro groups is 2. The van der Waals surface area contributed by atoms with Gasteiger partial charge >= 0.3 is 5.69 Å². The summed E-state index contributed by atoms with van der Waals surface area (Å²) in [4.78, 5) is 37.1. The Balaban J connectivity index is 2.52. The van der Waals surface area contributed by atoms with Crippen LogP contribution in [0.15, 0.2) is 6.07 Å². The number of aliphatic hydroxyl groups excluding tert-OH is 1. The second-order valence-corrected chi connectivity index (χ2v) is 6.70. The Labute approximate surface area is 150 Å². The van der Waals surface area contributed by atoms with E-state index in [0.717, 1.165) is 6.07 Å². The molecule has 1 saturated heterocycles. The van der Waals surface area contributed by atoms with Crippen LogP contribution in [-0.2, 0) is 11.4 Å². The molecule has 0 bridgehead atoms. The minimum Gasteiger partial charge on any atom is -0.392 e. The number of carbonyl (C=O) groups excluding carboxylic acids is 1. The number of carbonyl (C=O) groups is 1. The van der Waals surface area contributed by atoms with E-state index >= 15 is 0 Å². The molecule has 1 aromatic carbocycles. The van der Waals surface area contributed by atoms with E-state index in [9.17, 15) is 30.1 Å². The summed E-state index contributed by atoms with van der Waals surface area (Å²) < 4.78 is 0. The van der Waals surface area contributed by atoms with Crippen LogP contribution in [0.1, 0.15) is 25.0 Å². The molecule has 0 aromatic heterocycles. The molecular formula is C16H22N4O6. The predicted octanol–water partition coefficient (Wildman–Crippen LogP) is 1.61. The summed E-state index contributed by atoms with van der Waals surface area (Å²) in [5.41, 5.74) is -0.802. The average molecular weight is 366 g/mol. The van der Waals surface area contributed by atoms with E-state index < -0.39 is 27.8 Å². The van der Waals surface area contributed by atoms with Gasteiger partial charge in [0.2, 0.25) is 5.91 Å². The van der Waals surface area contributed by atoms with Crippen molar-refractivity contribution in [3.63, 3.8) is 0 Å². The predicted molar refractivity (Wildman–Crippen MR) is 94.0 cm³/mol. The fraction of sp³-hybridized carbons (Fsp3) is 0.562. The van der Waals surface area contributed by atoms with Crippen LogP contribution in [0.3, 0.4) is 0 Å². The molecule has 0 unspecified atom stereocenters. The van der Waals surface area contributed by atoms with E-state index in [-0.39, 0.29) is 41.7 Å². The molecule has 0 atom stereocenters. The number of hydrogen-bond acceptors (Lipinski definition) is 7. The fourth-order valence-corrected chi connectivity index (χ4v) is 3.16. The highest BCUT2D eigenvalue weighted by Crippen LogP contribution is 2.42. The van der Waals surface area contributed by atoms with E-state index in [1.54, 1.807) is 4.90 Å². The minimum absolute atomic E-state index is 0.122. The van der Waals surface area contributed by atoms with E-state index in [4.69, 9.17) is 0 Å². The average Bonchev–Trinajstić information content (AvgIpc) is 2.55. The number of amides is 1. The minimum atomic E-state index is -0.716. The molecule has 10 nitrogen and oxygen atoms in total. The number of nitro benzene ring substituents is 2. The van der Waals surface area contributed by atoms with Gasteiger partial charge in [0.05, 0.1) is 23.0 Å². The lowest BCUT2D eigenvalue weighted by molar-refractivity contribution is -0.393. The van der Waals surface area contributed by atoms with Crippen molar-refractivity contribution in [1.29, 1.82) is 0 Å². The molecular weight excluding hydrogens is 344 g/mol. The fourth-order valence-electron chi connectivity index (χ4n) is 3.16. The van der Waals surface area contributed by atoms with Crippen molar-refractivity contribution in [2.45, 2.75) is 27.4 Å². The maximum Gasteiger partial charge on any atom is 0.302 e. The molecule has 26 heavy (non-hydrogen) atoms. The topological polar surface area (TPSA) is 130 Å². The summed E-state index contributed by atoms with van der Waals surface area (Å²) in [6.07, 6.45) is 0. The maximum atomic E-state index is 12.4. The van der Waals surface area contributed by atoms with Crippen LogP contribution in [-0.4, -0.2) is 51.9 Å². The van der Waals surface area contributed by atoms with Gasteiger partial charge < -0.3 is 14.9 Å². The molecule has 10 heteroatoms. The van der Waals surface area contributed by atoms with Gasteiger partial charge in [-0.3, -0.25) is 25.0 Å². The molecule has 1 aromatic rings. The molecule has 142 valence electrons. The van der Waals surface area contributed by atoms with E-state index in [1.165, 1.54) is 11.8 Å². The van der Waals surface area contributed by atoms with Crippen molar-refractivity contribution < 1.29 is 19.7 Å². The summed E-state index contributed by atoms with van der Waals surface area (Å²) in [5.74, 6) is 0.0534. The first-order chi connectivity index (χ1) is 12.2. The second kappa shape index (κ2) is 7.65. The van der Waals surface area contributed by atoms with Crippen LogP contribution < -0.4 is 4.90 Å². The Morgan fingerprint density at radius 3 is 2.35 bits per heavy atom. The first-order valence-corrected chi connectivity index (χ1v) is 8.26. The number of benzene rings is 1. The van der Waals surface area contributed by atoms with Gasteiger partial charge in [0.25, 0.3) is 5.69 Å². The summed E-state index contributed by atoms with van der Waals surface area (Å²) in [7, 11) is 0. The monoisotopic (exact) mass is 366 g/mol. The summed E-state index contributed by atoms with van der Waals surface area (Å²) in [6, 6.07) is 1.14. The molecule has 1 amide bonds. The zero-order chi connectivity index (χ0) is 19.6. The van der Waals surface area contributed by atoms with Gasteiger partial charge in [-0.25, -0.2) is 0 Å². The third kappa shape index (κ3) is 3.74. The molecule has 0 saturated carbocycles. The quantitative estimate of drug-likeness (QED) is 0.598. The molecule has 1 heterocycles. The van der Waals surface area contributed by atoms with Crippen molar-refractivity contribution >= 4 is 23.0 Å².